The molecule has 6 heteroatoms. The van der Waals surface area contributed by atoms with Gasteiger partial charge in [0.05, 0.1) is 0 Å². The van der Waals surface area contributed by atoms with Gasteiger partial charge in [0.1, 0.15) is 11.5 Å². The van der Waals surface area contributed by atoms with Crippen molar-refractivity contribution in [3.63, 3.8) is 0 Å². The van der Waals surface area contributed by atoms with E-state index < -0.39 is 0 Å². The molecule has 28 heavy (non-hydrogen) atoms. The summed E-state index contributed by atoms with van der Waals surface area (Å²) in [5.41, 5.74) is 6.98. The minimum Gasteiger partial charge on any atom is -0.457 e. The van der Waals surface area contributed by atoms with E-state index in [1.165, 1.54) is 19.4 Å². The van der Waals surface area contributed by atoms with Crippen LogP contribution < -0.4 is 15.8 Å². The van der Waals surface area contributed by atoms with E-state index in [-0.39, 0.29) is 24.0 Å². The van der Waals surface area contributed by atoms with Crippen LogP contribution in [-0.2, 0) is 0 Å². The van der Waals surface area contributed by atoms with Gasteiger partial charge in [-0.2, -0.15) is 0 Å². The molecule has 152 valence electrons. The predicted octanol–water partition coefficient (Wildman–Crippen LogP) is 4.94. The average molecular weight is 494 g/mol. The Morgan fingerprint density at radius 2 is 1.93 bits per heavy atom. The van der Waals surface area contributed by atoms with Crippen molar-refractivity contribution in [1.82, 2.24) is 4.90 Å². The molecular weight excluding hydrogens is 463 g/mol. The highest BCUT2D eigenvalue weighted by atomic mass is 127. The number of anilines is 1. The van der Waals surface area contributed by atoms with Crippen molar-refractivity contribution in [2.45, 2.75) is 32.7 Å². The first kappa shape index (κ1) is 22.5. The Kier molecular flexibility index (Phi) is 9.05. The third-order valence-corrected chi connectivity index (χ3v) is 4.89. The van der Waals surface area contributed by atoms with Crippen LogP contribution in [0.3, 0.4) is 0 Å². The summed E-state index contributed by atoms with van der Waals surface area (Å²) in [6.07, 6.45) is 2.46. The Hall–Kier alpha value is -1.80. The topological polar surface area (TPSA) is 62.9 Å². The molecule has 0 aromatic heterocycles. The summed E-state index contributed by atoms with van der Waals surface area (Å²) in [6.45, 7) is 7.58. The molecule has 1 aliphatic rings. The molecule has 0 radical (unpaired) electrons. The standard InChI is InChI=1S/C22H30N4O.HI/c1-17(2)26-13-7-8-18(16-26)15-24-22(23)25-19-9-6-12-21(14-19)27-20-10-4-3-5-11-20;/h3-6,9-12,14,17-18H,7-8,13,15-16H2,1-2H3,(H3,23,24,25);1H. The highest BCUT2D eigenvalue weighted by Crippen LogP contribution is 2.24. The van der Waals surface area contributed by atoms with E-state index in [1.54, 1.807) is 0 Å². The molecule has 2 aromatic carbocycles. The second-order valence-corrected chi connectivity index (χ2v) is 7.39. The Morgan fingerprint density at radius 1 is 1.18 bits per heavy atom. The summed E-state index contributed by atoms with van der Waals surface area (Å²) in [6, 6.07) is 18.1. The smallest absolute Gasteiger partial charge is 0.193 e. The van der Waals surface area contributed by atoms with Gasteiger partial charge in [0.15, 0.2) is 5.96 Å². The van der Waals surface area contributed by atoms with Gasteiger partial charge in [-0.1, -0.05) is 24.3 Å². The number of benzene rings is 2. The zero-order valence-corrected chi connectivity index (χ0v) is 19.0. The monoisotopic (exact) mass is 494 g/mol. The quantitative estimate of drug-likeness (QED) is 0.339. The van der Waals surface area contributed by atoms with E-state index in [4.69, 9.17) is 10.5 Å². The minimum absolute atomic E-state index is 0. The molecule has 1 fully saturated rings. The summed E-state index contributed by atoms with van der Waals surface area (Å²) in [7, 11) is 0. The van der Waals surface area contributed by atoms with Crippen LogP contribution >= 0.6 is 24.0 Å². The number of ether oxygens (including phenoxy) is 1. The summed E-state index contributed by atoms with van der Waals surface area (Å²) in [4.78, 5) is 7.09. The number of para-hydroxylation sites is 1. The number of rotatable bonds is 6. The van der Waals surface area contributed by atoms with Crippen LogP contribution in [0.15, 0.2) is 59.6 Å². The maximum atomic E-state index is 6.10. The molecular formula is C22H31IN4O. The molecule has 0 spiro atoms. The molecule has 0 aliphatic carbocycles. The highest BCUT2D eigenvalue weighted by molar-refractivity contribution is 14.0. The number of aliphatic imine (C=N–C) groups is 1. The number of nitrogens with zero attached hydrogens (tertiary/aromatic N) is 2. The lowest BCUT2D eigenvalue weighted by atomic mass is 9.97. The lowest BCUT2D eigenvalue weighted by molar-refractivity contribution is 0.143. The first-order valence-corrected chi connectivity index (χ1v) is 9.74. The molecule has 1 saturated heterocycles. The Bertz CT molecular complexity index is 751. The minimum atomic E-state index is 0. The van der Waals surface area contributed by atoms with Gasteiger partial charge >= 0.3 is 0 Å². The van der Waals surface area contributed by atoms with Crippen molar-refractivity contribution in [2.24, 2.45) is 16.6 Å². The predicted molar refractivity (Wildman–Crippen MR) is 128 cm³/mol. The van der Waals surface area contributed by atoms with Crippen molar-refractivity contribution < 1.29 is 4.74 Å². The van der Waals surface area contributed by atoms with E-state index in [1.807, 2.05) is 54.6 Å². The van der Waals surface area contributed by atoms with Crippen molar-refractivity contribution >= 4 is 35.6 Å². The zero-order chi connectivity index (χ0) is 19.1. The molecule has 0 amide bonds. The Balaban J connectivity index is 0.00000280. The number of hydrogen-bond donors (Lipinski definition) is 2. The molecule has 1 unspecified atom stereocenters. The fourth-order valence-electron chi connectivity index (χ4n) is 3.39. The van der Waals surface area contributed by atoms with Gasteiger partial charge in [-0.05, 0) is 63.4 Å². The maximum absolute atomic E-state index is 6.10. The van der Waals surface area contributed by atoms with Crippen molar-refractivity contribution in [3.05, 3.63) is 54.6 Å². The molecule has 1 aliphatic heterocycles. The largest absolute Gasteiger partial charge is 0.457 e. The van der Waals surface area contributed by atoms with E-state index in [0.717, 1.165) is 30.3 Å². The van der Waals surface area contributed by atoms with E-state index in [0.29, 0.717) is 17.9 Å². The number of likely N-dealkylation sites (tertiary alicyclic amines) is 1. The number of piperidine rings is 1. The molecule has 3 N–H and O–H groups in total. The Morgan fingerprint density at radius 3 is 2.68 bits per heavy atom. The van der Waals surface area contributed by atoms with E-state index in [9.17, 15) is 0 Å². The third-order valence-electron chi connectivity index (χ3n) is 4.89. The van der Waals surface area contributed by atoms with Gasteiger partial charge in [-0.3, -0.25) is 4.99 Å². The average Bonchev–Trinajstić information content (AvgIpc) is 2.68. The van der Waals surface area contributed by atoms with E-state index in [2.05, 4.69) is 29.1 Å². The third kappa shape index (κ3) is 6.98. The van der Waals surface area contributed by atoms with Crippen molar-refractivity contribution in [2.75, 3.05) is 25.0 Å². The van der Waals surface area contributed by atoms with Gasteiger partial charge in [0.25, 0.3) is 0 Å². The fraction of sp³-hybridized carbons (Fsp3) is 0.409. The van der Waals surface area contributed by atoms with Crippen LogP contribution in [0, 0.1) is 5.92 Å². The molecule has 1 atom stereocenters. The van der Waals surface area contributed by atoms with Crippen molar-refractivity contribution in [3.8, 4) is 11.5 Å². The van der Waals surface area contributed by atoms with Gasteiger partial charge < -0.3 is 20.7 Å². The van der Waals surface area contributed by atoms with Crippen LogP contribution in [0.1, 0.15) is 26.7 Å². The number of nitrogens with one attached hydrogen (secondary N) is 1. The van der Waals surface area contributed by atoms with Gasteiger partial charge in [-0.15, -0.1) is 24.0 Å². The van der Waals surface area contributed by atoms with Gasteiger partial charge in [0, 0.05) is 30.9 Å². The van der Waals surface area contributed by atoms with Crippen LogP contribution in [-0.4, -0.2) is 36.5 Å². The molecule has 0 bridgehead atoms. The van der Waals surface area contributed by atoms with Crippen LogP contribution in [0.5, 0.6) is 11.5 Å². The molecule has 2 aromatic rings. The fourth-order valence-corrected chi connectivity index (χ4v) is 3.39. The highest BCUT2D eigenvalue weighted by Gasteiger charge is 2.21. The number of hydrogen-bond acceptors (Lipinski definition) is 3. The normalized spacial score (nSPS) is 17.8. The summed E-state index contributed by atoms with van der Waals surface area (Å²) in [5, 5.41) is 3.18. The summed E-state index contributed by atoms with van der Waals surface area (Å²) < 4.78 is 5.86. The SMILES string of the molecule is CC(C)N1CCCC(CN=C(N)Nc2cccc(Oc3ccccc3)c2)C1.I. The van der Waals surface area contributed by atoms with Gasteiger partial charge in [0.2, 0.25) is 0 Å². The van der Waals surface area contributed by atoms with Crippen LogP contribution in [0.4, 0.5) is 5.69 Å². The van der Waals surface area contributed by atoms with Crippen LogP contribution in [0.25, 0.3) is 0 Å². The maximum Gasteiger partial charge on any atom is 0.193 e. The number of halogens is 1. The lowest BCUT2D eigenvalue weighted by Gasteiger charge is -2.34. The molecule has 5 nitrogen and oxygen atoms in total. The Labute approximate surface area is 185 Å². The van der Waals surface area contributed by atoms with E-state index >= 15 is 0 Å². The first-order valence-electron chi connectivity index (χ1n) is 9.74. The van der Waals surface area contributed by atoms with Crippen LogP contribution in [0.2, 0.25) is 0 Å². The first-order chi connectivity index (χ1) is 13.1. The molecule has 0 saturated carbocycles. The summed E-state index contributed by atoms with van der Waals surface area (Å²) >= 11 is 0. The van der Waals surface area contributed by atoms with Gasteiger partial charge in [-0.25, -0.2) is 0 Å². The van der Waals surface area contributed by atoms with Crippen molar-refractivity contribution in [1.29, 1.82) is 0 Å². The second-order valence-electron chi connectivity index (χ2n) is 7.39. The second kappa shape index (κ2) is 11.3. The lowest BCUT2D eigenvalue weighted by Crippen LogP contribution is -2.41. The number of guanidine groups is 1. The molecule has 1 heterocycles. The summed E-state index contributed by atoms with van der Waals surface area (Å²) in [5.74, 6) is 2.60. The number of nitrogens with two attached hydrogens (primary N) is 1. The zero-order valence-electron chi connectivity index (χ0n) is 16.7. The molecule has 3 rings (SSSR count).